The summed E-state index contributed by atoms with van der Waals surface area (Å²) >= 11 is 0. The fourth-order valence-electron chi connectivity index (χ4n) is 3.67. The topological polar surface area (TPSA) is 81.8 Å². The van der Waals surface area contributed by atoms with Gasteiger partial charge in [-0.25, -0.2) is 9.18 Å². The SMILES string of the molecule is Cc1ccc(NC(=O)CN2CC3=C(C2=O)C(c2ccc(F)cc2)NC(=O)N3C)cc1. The molecule has 30 heavy (non-hydrogen) atoms. The number of halogens is 1. The minimum atomic E-state index is -0.693. The van der Waals surface area contributed by atoms with E-state index in [4.69, 9.17) is 0 Å². The summed E-state index contributed by atoms with van der Waals surface area (Å²) in [5, 5.41) is 5.56. The van der Waals surface area contributed by atoms with Crippen LogP contribution in [0.3, 0.4) is 0 Å². The molecule has 2 aromatic carbocycles. The highest BCUT2D eigenvalue weighted by atomic mass is 19.1. The van der Waals surface area contributed by atoms with Crippen molar-refractivity contribution in [1.29, 1.82) is 0 Å². The molecule has 1 atom stereocenters. The zero-order chi connectivity index (χ0) is 21.4. The predicted octanol–water partition coefficient (Wildman–Crippen LogP) is 2.57. The first kappa shape index (κ1) is 19.6. The molecule has 4 rings (SSSR count). The number of amides is 4. The smallest absolute Gasteiger partial charge is 0.322 e. The van der Waals surface area contributed by atoms with Crippen LogP contribution in [0, 0.1) is 12.7 Å². The maximum absolute atomic E-state index is 13.3. The molecule has 4 amide bonds. The molecule has 1 unspecified atom stereocenters. The Labute approximate surface area is 173 Å². The van der Waals surface area contributed by atoms with Gasteiger partial charge in [-0.2, -0.15) is 0 Å². The van der Waals surface area contributed by atoms with Crippen molar-refractivity contribution in [3.8, 4) is 0 Å². The van der Waals surface area contributed by atoms with E-state index in [9.17, 15) is 18.8 Å². The van der Waals surface area contributed by atoms with Crippen LogP contribution in [0.1, 0.15) is 17.2 Å². The Morgan fingerprint density at radius 2 is 1.80 bits per heavy atom. The predicted molar refractivity (Wildman–Crippen MR) is 109 cm³/mol. The minimum absolute atomic E-state index is 0.141. The monoisotopic (exact) mass is 408 g/mol. The van der Waals surface area contributed by atoms with Gasteiger partial charge in [0.25, 0.3) is 5.91 Å². The summed E-state index contributed by atoms with van der Waals surface area (Å²) in [6.45, 7) is 1.96. The Kier molecular flexibility index (Phi) is 4.99. The van der Waals surface area contributed by atoms with Gasteiger partial charge in [-0.15, -0.1) is 0 Å². The van der Waals surface area contributed by atoms with Gasteiger partial charge in [0.05, 0.1) is 23.9 Å². The van der Waals surface area contributed by atoms with Crippen molar-refractivity contribution >= 4 is 23.5 Å². The first-order valence-electron chi connectivity index (χ1n) is 9.52. The largest absolute Gasteiger partial charge is 0.327 e. The molecule has 2 heterocycles. The van der Waals surface area contributed by atoms with Crippen molar-refractivity contribution in [3.63, 3.8) is 0 Å². The lowest BCUT2D eigenvalue weighted by molar-refractivity contribution is -0.130. The highest BCUT2D eigenvalue weighted by molar-refractivity contribution is 6.04. The maximum atomic E-state index is 13.3. The molecule has 0 spiro atoms. The quantitative estimate of drug-likeness (QED) is 0.816. The molecule has 0 radical (unpaired) electrons. The highest BCUT2D eigenvalue weighted by Crippen LogP contribution is 2.35. The van der Waals surface area contributed by atoms with Crippen LogP contribution in [0.25, 0.3) is 0 Å². The number of anilines is 1. The van der Waals surface area contributed by atoms with Crippen LogP contribution >= 0.6 is 0 Å². The van der Waals surface area contributed by atoms with E-state index >= 15 is 0 Å². The van der Waals surface area contributed by atoms with Crippen molar-refractivity contribution in [2.24, 2.45) is 0 Å². The summed E-state index contributed by atoms with van der Waals surface area (Å²) in [5.74, 6) is -1.06. The molecule has 8 heteroatoms. The van der Waals surface area contributed by atoms with Crippen LogP contribution in [0.15, 0.2) is 59.8 Å². The average Bonchev–Trinajstić information content (AvgIpc) is 3.04. The van der Waals surface area contributed by atoms with Gasteiger partial charge in [-0.1, -0.05) is 29.8 Å². The molecule has 0 bridgehead atoms. The van der Waals surface area contributed by atoms with E-state index in [1.807, 2.05) is 19.1 Å². The van der Waals surface area contributed by atoms with Crippen molar-refractivity contribution in [1.82, 2.24) is 15.1 Å². The fourth-order valence-corrected chi connectivity index (χ4v) is 3.67. The van der Waals surface area contributed by atoms with Gasteiger partial charge in [-0.3, -0.25) is 14.5 Å². The van der Waals surface area contributed by atoms with E-state index in [1.54, 1.807) is 19.2 Å². The molecule has 2 aromatic rings. The lowest BCUT2D eigenvalue weighted by Gasteiger charge is -2.31. The number of nitrogens with one attached hydrogen (secondary N) is 2. The molecule has 2 N–H and O–H groups in total. The molecule has 0 aromatic heterocycles. The van der Waals surface area contributed by atoms with Crippen LogP contribution in [0.4, 0.5) is 14.9 Å². The molecule has 0 fully saturated rings. The first-order valence-corrected chi connectivity index (χ1v) is 9.52. The zero-order valence-electron chi connectivity index (χ0n) is 16.6. The number of hydrogen-bond acceptors (Lipinski definition) is 3. The summed E-state index contributed by atoms with van der Waals surface area (Å²) in [7, 11) is 1.58. The summed E-state index contributed by atoms with van der Waals surface area (Å²) < 4.78 is 13.3. The number of likely N-dealkylation sites (N-methyl/N-ethyl adjacent to an activating group) is 1. The van der Waals surface area contributed by atoms with Crippen LogP contribution in [0.5, 0.6) is 0 Å². The molecule has 0 saturated carbocycles. The third-order valence-electron chi connectivity index (χ3n) is 5.31. The van der Waals surface area contributed by atoms with Gasteiger partial charge in [0.1, 0.15) is 12.4 Å². The summed E-state index contributed by atoms with van der Waals surface area (Å²) in [6, 6.07) is 12.0. The van der Waals surface area contributed by atoms with E-state index in [0.29, 0.717) is 22.5 Å². The average molecular weight is 408 g/mol. The Morgan fingerprint density at radius 1 is 1.13 bits per heavy atom. The number of benzene rings is 2. The second kappa shape index (κ2) is 7.62. The van der Waals surface area contributed by atoms with E-state index in [2.05, 4.69) is 10.6 Å². The third-order valence-corrected chi connectivity index (χ3v) is 5.31. The van der Waals surface area contributed by atoms with E-state index < -0.39 is 11.9 Å². The number of carbonyl (C=O) groups is 3. The number of nitrogens with zero attached hydrogens (tertiary/aromatic N) is 2. The Bertz CT molecular complexity index is 1050. The normalized spacial score (nSPS) is 18.4. The minimum Gasteiger partial charge on any atom is -0.327 e. The zero-order valence-corrected chi connectivity index (χ0v) is 16.6. The Hall–Kier alpha value is -3.68. The summed E-state index contributed by atoms with van der Waals surface area (Å²) in [6.07, 6.45) is 0. The second-order valence-electron chi connectivity index (χ2n) is 7.43. The van der Waals surface area contributed by atoms with Crippen molar-refractivity contribution in [3.05, 3.63) is 76.7 Å². The molecule has 7 nitrogen and oxygen atoms in total. The number of rotatable bonds is 4. The molecule has 2 aliphatic heterocycles. The summed E-state index contributed by atoms with van der Waals surface area (Å²) in [4.78, 5) is 40.8. The van der Waals surface area contributed by atoms with E-state index in [1.165, 1.54) is 34.1 Å². The Balaban J connectivity index is 1.53. The van der Waals surface area contributed by atoms with Gasteiger partial charge in [0, 0.05) is 12.7 Å². The number of carbonyl (C=O) groups excluding carboxylic acids is 3. The molecule has 2 aliphatic rings. The number of hydrogen-bond donors (Lipinski definition) is 2. The van der Waals surface area contributed by atoms with Crippen molar-refractivity contribution < 1.29 is 18.8 Å². The van der Waals surface area contributed by atoms with Gasteiger partial charge in [0.15, 0.2) is 0 Å². The van der Waals surface area contributed by atoms with Crippen LogP contribution in [-0.4, -0.2) is 47.8 Å². The van der Waals surface area contributed by atoms with E-state index in [0.717, 1.165) is 5.56 Å². The van der Waals surface area contributed by atoms with Crippen LogP contribution in [0.2, 0.25) is 0 Å². The second-order valence-corrected chi connectivity index (χ2v) is 7.43. The van der Waals surface area contributed by atoms with Gasteiger partial charge >= 0.3 is 6.03 Å². The summed E-state index contributed by atoms with van der Waals surface area (Å²) in [5.41, 5.74) is 3.26. The number of aryl methyl sites for hydroxylation is 1. The molecular formula is C22H21FN4O3. The maximum Gasteiger partial charge on any atom is 0.322 e. The fraction of sp³-hybridized carbons (Fsp3) is 0.227. The lowest BCUT2D eigenvalue weighted by Crippen LogP contribution is -2.45. The highest BCUT2D eigenvalue weighted by Gasteiger charge is 2.43. The van der Waals surface area contributed by atoms with E-state index in [-0.39, 0.29) is 30.9 Å². The molecular weight excluding hydrogens is 387 g/mol. The number of urea groups is 1. The van der Waals surface area contributed by atoms with Gasteiger partial charge in [0.2, 0.25) is 5.91 Å². The lowest BCUT2D eigenvalue weighted by atomic mass is 9.96. The molecule has 0 aliphatic carbocycles. The van der Waals surface area contributed by atoms with Crippen molar-refractivity contribution in [2.45, 2.75) is 13.0 Å². The van der Waals surface area contributed by atoms with Gasteiger partial charge in [-0.05, 0) is 36.8 Å². The molecule has 154 valence electrons. The third kappa shape index (κ3) is 3.63. The van der Waals surface area contributed by atoms with Crippen LogP contribution in [-0.2, 0) is 9.59 Å². The molecule has 0 saturated heterocycles. The standard InChI is InChI=1S/C22H21FN4O3/c1-13-3-9-16(10-4-13)24-18(28)12-27-11-17-19(21(27)29)20(25-22(30)26(17)2)14-5-7-15(23)8-6-14/h3-10,20H,11-12H2,1-2H3,(H,24,28)(H,25,30). The van der Waals surface area contributed by atoms with Crippen molar-refractivity contribution in [2.75, 3.05) is 25.5 Å². The van der Waals surface area contributed by atoms with Gasteiger partial charge < -0.3 is 15.5 Å². The Morgan fingerprint density at radius 3 is 2.47 bits per heavy atom. The first-order chi connectivity index (χ1) is 14.3. The van der Waals surface area contributed by atoms with Crippen LogP contribution < -0.4 is 10.6 Å².